The topological polar surface area (TPSA) is 65.3 Å². The Balaban J connectivity index is 2.07. The van der Waals surface area contributed by atoms with Crippen molar-refractivity contribution in [1.82, 2.24) is 0 Å². The molecule has 2 aromatic carbocycles. The fraction of sp³-hybridized carbons (Fsp3) is 0.200. The normalized spacial score (nSPS) is 10.0. The zero-order chi connectivity index (χ0) is 15.2. The Morgan fingerprint density at radius 1 is 0.714 bits per heavy atom. The largest absolute Gasteiger partial charge is 0.232 e. The summed E-state index contributed by atoms with van der Waals surface area (Å²) >= 11 is 0. The highest BCUT2D eigenvalue weighted by molar-refractivity contribution is 5.48. The highest BCUT2D eigenvalue weighted by atomic mass is 16.3. The molecule has 6 nitrogen and oxygen atoms in total. The summed E-state index contributed by atoms with van der Waals surface area (Å²) in [6, 6.07) is 15.3. The lowest BCUT2D eigenvalue weighted by atomic mass is 10.0. The van der Waals surface area contributed by atoms with Crippen LogP contribution in [0.25, 0.3) is 0 Å². The van der Waals surface area contributed by atoms with Gasteiger partial charge in [-0.15, -0.1) is 9.81 Å². The Kier molecular flexibility index (Phi) is 4.61. The van der Waals surface area contributed by atoms with Crippen molar-refractivity contribution in [3.05, 3.63) is 69.5 Å². The summed E-state index contributed by atoms with van der Waals surface area (Å²) in [4.78, 5) is 20.9. The van der Waals surface area contributed by atoms with Crippen molar-refractivity contribution in [2.45, 2.75) is 6.42 Å². The van der Waals surface area contributed by atoms with Crippen LogP contribution in [0.3, 0.4) is 0 Å². The second kappa shape index (κ2) is 6.60. The van der Waals surface area contributed by atoms with E-state index in [9.17, 15) is 9.81 Å². The van der Waals surface area contributed by atoms with Gasteiger partial charge >= 0.3 is 0 Å². The Hall–Kier alpha value is -2.76. The third-order valence-corrected chi connectivity index (χ3v) is 3.27. The smallest absolute Gasteiger partial charge is 0.0623 e. The van der Waals surface area contributed by atoms with Gasteiger partial charge in [-0.2, -0.15) is 0 Å². The van der Waals surface area contributed by atoms with Gasteiger partial charge in [0.05, 0.1) is 21.9 Å². The molecule has 0 atom stereocenters. The van der Waals surface area contributed by atoms with Gasteiger partial charge in [0, 0.05) is 14.1 Å². The van der Waals surface area contributed by atoms with E-state index >= 15 is 0 Å². The average molecular weight is 284 g/mol. The minimum Gasteiger partial charge on any atom is -0.232 e. The van der Waals surface area contributed by atoms with Crippen LogP contribution >= 0.6 is 0 Å². The summed E-state index contributed by atoms with van der Waals surface area (Å²) in [5.41, 5.74) is 3.77. The molecule has 0 aliphatic heterocycles. The number of nitroso groups, excluding NO2 is 2. The molecule has 2 aromatic rings. The molecule has 0 aliphatic carbocycles. The van der Waals surface area contributed by atoms with Crippen LogP contribution in [0.1, 0.15) is 11.1 Å². The first kappa shape index (κ1) is 14.6. The SMILES string of the molecule is CN(N=O)c1ccc(Cc2ccc(N(C)N=O)cc2)cc1. The van der Waals surface area contributed by atoms with Crippen LogP contribution in [-0.4, -0.2) is 14.1 Å². The maximum absolute atomic E-state index is 10.4. The molecule has 0 unspecified atom stereocenters. The van der Waals surface area contributed by atoms with Gasteiger partial charge < -0.3 is 0 Å². The minimum atomic E-state index is 0.753. The van der Waals surface area contributed by atoms with E-state index in [1.54, 1.807) is 14.1 Å². The first-order valence-corrected chi connectivity index (χ1v) is 6.46. The Morgan fingerprint density at radius 3 is 1.33 bits per heavy atom. The van der Waals surface area contributed by atoms with Gasteiger partial charge in [0.15, 0.2) is 0 Å². The van der Waals surface area contributed by atoms with Crippen molar-refractivity contribution in [2.24, 2.45) is 10.6 Å². The fourth-order valence-electron chi connectivity index (χ4n) is 1.99. The van der Waals surface area contributed by atoms with Crippen molar-refractivity contribution in [1.29, 1.82) is 0 Å². The van der Waals surface area contributed by atoms with Crippen LogP contribution in [0.5, 0.6) is 0 Å². The number of nitrogens with zero attached hydrogens (tertiary/aromatic N) is 4. The molecule has 108 valence electrons. The van der Waals surface area contributed by atoms with E-state index in [-0.39, 0.29) is 0 Å². The van der Waals surface area contributed by atoms with Crippen LogP contribution in [-0.2, 0) is 6.42 Å². The summed E-state index contributed by atoms with van der Waals surface area (Å²) in [5.74, 6) is 0. The molecule has 21 heavy (non-hydrogen) atoms. The minimum absolute atomic E-state index is 0.753. The van der Waals surface area contributed by atoms with Crippen LogP contribution in [0.15, 0.2) is 59.1 Å². The maximum Gasteiger partial charge on any atom is 0.0623 e. The van der Waals surface area contributed by atoms with E-state index in [0.717, 1.165) is 28.9 Å². The van der Waals surface area contributed by atoms with Gasteiger partial charge in [0.2, 0.25) is 0 Å². The van der Waals surface area contributed by atoms with E-state index in [1.807, 2.05) is 48.5 Å². The van der Waals surface area contributed by atoms with E-state index < -0.39 is 0 Å². The number of anilines is 2. The molecule has 0 saturated carbocycles. The number of hydrogen-bond acceptors (Lipinski definition) is 4. The number of rotatable bonds is 6. The predicted octanol–water partition coefficient (Wildman–Crippen LogP) is 3.51. The van der Waals surface area contributed by atoms with Gasteiger partial charge in [0.1, 0.15) is 0 Å². The maximum atomic E-state index is 10.4. The molecular formula is C15H16N4O2. The molecule has 0 aromatic heterocycles. The quantitative estimate of drug-likeness (QED) is 0.601. The molecular weight excluding hydrogens is 268 g/mol. The van der Waals surface area contributed by atoms with E-state index in [0.29, 0.717) is 0 Å². The molecule has 2 rings (SSSR count). The van der Waals surface area contributed by atoms with Crippen molar-refractivity contribution < 1.29 is 0 Å². The zero-order valence-electron chi connectivity index (χ0n) is 11.9. The third kappa shape index (κ3) is 3.62. The molecule has 0 fully saturated rings. The average Bonchev–Trinajstić information content (AvgIpc) is 2.55. The molecule has 0 N–H and O–H groups in total. The van der Waals surface area contributed by atoms with Crippen molar-refractivity contribution in [3.8, 4) is 0 Å². The lowest BCUT2D eigenvalue weighted by molar-refractivity contribution is 1.000. The van der Waals surface area contributed by atoms with Crippen molar-refractivity contribution in [2.75, 3.05) is 24.1 Å². The lowest BCUT2D eigenvalue weighted by Crippen LogP contribution is -2.06. The van der Waals surface area contributed by atoms with Crippen LogP contribution in [0.2, 0.25) is 0 Å². The van der Waals surface area contributed by atoms with Gasteiger partial charge in [-0.25, -0.2) is 10.0 Å². The molecule has 0 spiro atoms. The second-order valence-corrected chi connectivity index (χ2v) is 4.72. The van der Waals surface area contributed by atoms with Gasteiger partial charge in [0.25, 0.3) is 0 Å². The monoisotopic (exact) mass is 284 g/mol. The van der Waals surface area contributed by atoms with E-state index in [4.69, 9.17) is 0 Å². The van der Waals surface area contributed by atoms with Gasteiger partial charge in [-0.1, -0.05) is 24.3 Å². The molecule has 0 saturated heterocycles. The molecule has 0 radical (unpaired) electrons. The summed E-state index contributed by atoms with van der Waals surface area (Å²) < 4.78 is 0. The molecule has 0 amide bonds. The van der Waals surface area contributed by atoms with Crippen LogP contribution in [0.4, 0.5) is 11.4 Å². The molecule has 0 aliphatic rings. The fourth-order valence-corrected chi connectivity index (χ4v) is 1.99. The highest BCUT2D eigenvalue weighted by Gasteiger charge is 2.03. The predicted molar refractivity (Wildman–Crippen MR) is 84.1 cm³/mol. The summed E-state index contributed by atoms with van der Waals surface area (Å²) in [6.45, 7) is 0. The lowest BCUT2D eigenvalue weighted by Gasteiger charge is -2.11. The first-order chi connectivity index (χ1) is 10.1. The molecule has 0 bridgehead atoms. The Morgan fingerprint density at radius 2 is 1.05 bits per heavy atom. The Labute approximate surface area is 122 Å². The van der Waals surface area contributed by atoms with Gasteiger partial charge in [-0.05, 0) is 41.8 Å². The number of benzene rings is 2. The standard InChI is InChI=1S/C15H16N4O2/c1-18(16-20)14-7-3-12(4-8-14)11-13-5-9-15(10-6-13)19(2)17-21/h3-10H,11H2,1-2H3. The molecule has 0 heterocycles. The second-order valence-electron chi connectivity index (χ2n) is 4.72. The van der Waals surface area contributed by atoms with E-state index in [2.05, 4.69) is 10.6 Å². The van der Waals surface area contributed by atoms with Crippen LogP contribution in [0, 0.1) is 9.81 Å². The van der Waals surface area contributed by atoms with Crippen molar-refractivity contribution in [3.63, 3.8) is 0 Å². The number of hydrogen-bond donors (Lipinski definition) is 0. The van der Waals surface area contributed by atoms with Crippen molar-refractivity contribution >= 4 is 11.4 Å². The van der Waals surface area contributed by atoms with Crippen LogP contribution < -0.4 is 10.0 Å². The zero-order valence-corrected chi connectivity index (χ0v) is 11.9. The highest BCUT2D eigenvalue weighted by Crippen LogP contribution is 2.19. The van der Waals surface area contributed by atoms with E-state index in [1.165, 1.54) is 10.0 Å². The first-order valence-electron chi connectivity index (χ1n) is 6.46. The van der Waals surface area contributed by atoms with Gasteiger partial charge in [-0.3, -0.25) is 0 Å². The summed E-state index contributed by atoms with van der Waals surface area (Å²) in [5, 5.41) is 8.26. The summed E-state index contributed by atoms with van der Waals surface area (Å²) in [6.07, 6.45) is 0.775. The molecule has 6 heteroatoms. The summed E-state index contributed by atoms with van der Waals surface area (Å²) in [7, 11) is 3.22. The Bertz CT molecular complexity index is 555. The third-order valence-electron chi connectivity index (χ3n) is 3.27.